The molecule has 0 aliphatic heterocycles. The zero-order valence-corrected chi connectivity index (χ0v) is 14.6. The molecular formula is C20H28N2O2. The van der Waals surface area contributed by atoms with Gasteiger partial charge in [0.2, 0.25) is 0 Å². The lowest BCUT2D eigenvalue weighted by atomic mass is 10.0. The number of amides is 2. The van der Waals surface area contributed by atoms with Crippen molar-refractivity contribution in [3.63, 3.8) is 0 Å². The summed E-state index contributed by atoms with van der Waals surface area (Å²) < 4.78 is 0. The molecule has 1 aromatic carbocycles. The number of fused-ring (bicyclic) bond motifs is 5. The Labute approximate surface area is 144 Å². The van der Waals surface area contributed by atoms with Gasteiger partial charge in [-0.2, -0.15) is 0 Å². The first-order valence-corrected chi connectivity index (χ1v) is 9.24. The molecule has 130 valence electrons. The van der Waals surface area contributed by atoms with Crippen molar-refractivity contribution in [3.8, 4) is 0 Å². The standard InChI is InChI=1S/C20H28N2O2/c1-20(2,24)12-22(11-13-6-4-3-5-7-13)19(23)21-18-16-14-8-9-15(10-14)17(16)18/h3-7,14-18,24H,8-12H2,1-2H3,(H,21,23). The Morgan fingerprint density at radius 3 is 2.42 bits per heavy atom. The minimum atomic E-state index is -0.898. The quantitative estimate of drug-likeness (QED) is 0.873. The number of rotatable bonds is 5. The topological polar surface area (TPSA) is 52.6 Å². The first-order chi connectivity index (χ1) is 11.4. The van der Waals surface area contributed by atoms with E-state index in [1.807, 2.05) is 30.3 Å². The molecule has 0 radical (unpaired) electrons. The summed E-state index contributed by atoms with van der Waals surface area (Å²) in [5.74, 6) is 3.16. The van der Waals surface area contributed by atoms with Crippen LogP contribution in [0.2, 0.25) is 0 Å². The van der Waals surface area contributed by atoms with E-state index >= 15 is 0 Å². The van der Waals surface area contributed by atoms with E-state index in [4.69, 9.17) is 0 Å². The van der Waals surface area contributed by atoms with Gasteiger partial charge in [0.1, 0.15) is 0 Å². The first kappa shape index (κ1) is 15.9. The molecule has 4 rings (SSSR count). The van der Waals surface area contributed by atoms with E-state index < -0.39 is 5.60 Å². The van der Waals surface area contributed by atoms with Gasteiger partial charge in [-0.05, 0) is 62.3 Å². The van der Waals surface area contributed by atoms with Gasteiger partial charge >= 0.3 is 6.03 Å². The average Bonchev–Trinajstić information content (AvgIpc) is 2.91. The first-order valence-electron chi connectivity index (χ1n) is 9.24. The molecule has 4 unspecified atom stereocenters. The molecule has 3 saturated carbocycles. The van der Waals surface area contributed by atoms with Crippen LogP contribution in [0.15, 0.2) is 30.3 Å². The normalized spacial score (nSPS) is 33.2. The lowest BCUT2D eigenvalue weighted by Crippen LogP contribution is -2.47. The van der Waals surface area contributed by atoms with Crippen molar-refractivity contribution in [1.29, 1.82) is 0 Å². The summed E-state index contributed by atoms with van der Waals surface area (Å²) in [6.45, 7) is 4.38. The molecule has 3 aliphatic rings. The number of hydrogen-bond acceptors (Lipinski definition) is 2. The number of hydrogen-bond donors (Lipinski definition) is 2. The highest BCUT2D eigenvalue weighted by Gasteiger charge is 2.65. The molecule has 0 saturated heterocycles. The fraction of sp³-hybridized carbons (Fsp3) is 0.650. The maximum atomic E-state index is 12.8. The Bertz CT molecular complexity index is 594. The van der Waals surface area contributed by atoms with Crippen LogP contribution in [0.4, 0.5) is 4.79 Å². The lowest BCUT2D eigenvalue weighted by Gasteiger charge is -2.30. The fourth-order valence-electron chi connectivity index (χ4n) is 5.22. The zero-order chi connectivity index (χ0) is 16.9. The molecule has 0 spiro atoms. The van der Waals surface area contributed by atoms with Crippen LogP contribution in [0.3, 0.4) is 0 Å². The molecule has 4 nitrogen and oxygen atoms in total. The van der Waals surface area contributed by atoms with E-state index in [1.165, 1.54) is 19.3 Å². The molecule has 0 heterocycles. The second-order valence-electron chi connectivity index (χ2n) is 8.62. The summed E-state index contributed by atoms with van der Waals surface area (Å²) in [7, 11) is 0. The highest BCUT2D eigenvalue weighted by Crippen LogP contribution is 2.65. The second-order valence-corrected chi connectivity index (χ2v) is 8.62. The molecule has 24 heavy (non-hydrogen) atoms. The van der Waals surface area contributed by atoms with Crippen molar-refractivity contribution in [3.05, 3.63) is 35.9 Å². The Morgan fingerprint density at radius 2 is 1.83 bits per heavy atom. The van der Waals surface area contributed by atoms with Gasteiger partial charge in [-0.3, -0.25) is 0 Å². The van der Waals surface area contributed by atoms with E-state index in [9.17, 15) is 9.90 Å². The summed E-state index contributed by atoms with van der Waals surface area (Å²) >= 11 is 0. The highest BCUT2D eigenvalue weighted by molar-refractivity contribution is 5.75. The van der Waals surface area contributed by atoms with Crippen molar-refractivity contribution in [2.24, 2.45) is 23.7 Å². The van der Waals surface area contributed by atoms with Gasteiger partial charge in [0, 0.05) is 12.6 Å². The molecule has 3 aliphatic carbocycles. The third-order valence-corrected chi connectivity index (χ3v) is 6.11. The molecule has 2 N–H and O–H groups in total. The molecule has 0 aromatic heterocycles. The van der Waals surface area contributed by atoms with Gasteiger partial charge in [0.05, 0.1) is 12.1 Å². The summed E-state index contributed by atoms with van der Waals surface area (Å²) in [6, 6.07) is 10.3. The monoisotopic (exact) mass is 328 g/mol. The van der Waals surface area contributed by atoms with Crippen LogP contribution in [0.5, 0.6) is 0 Å². The number of aliphatic hydroxyl groups is 1. The van der Waals surface area contributed by atoms with Gasteiger partial charge in [-0.15, -0.1) is 0 Å². The Hall–Kier alpha value is -1.55. The van der Waals surface area contributed by atoms with Gasteiger partial charge in [-0.25, -0.2) is 4.79 Å². The maximum absolute atomic E-state index is 12.8. The van der Waals surface area contributed by atoms with Gasteiger partial charge in [-0.1, -0.05) is 30.3 Å². The molecule has 2 amide bonds. The molecule has 2 bridgehead atoms. The summed E-state index contributed by atoms with van der Waals surface area (Å²) in [4.78, 5) is 14.6. The number of urea groups is 1. The van der Waals surface area contributed by atoms with Crippen molar-refractivity contribution < 1.29 is 9.90 Å². The second kappa shape index (κ2) is 5.76. The lowest BCUT2D eigenvalue weighted by molar-refractivity contribution is 0.0444. The summed E-state index contributed by atoms with van der Waals surface area (Å²) in [5.41, 5.74) is 0.192. The van der Waals surface area contributed by atoms with Crippen molar-refractivity contribution in [1.82, 2.24) is 10.2 Å². The largest absolute Gasteiger partial charge is 0.389 e. The van der Waals surface area contributed by atoms with E-state index in [1.54, 1.807) is 18.7 Å². The third-order valence-electron chi connectivity index (χ3n) is 6.11. The number of nitrogens with one attached hydrogen (secondary N) is 1. The fourth-order valence-corrected chi connectivity index (χ4v) is 5.22. The SMILES string of the molecule is CC(C)(O)CN(Cc1ccccc1)C(=O)NC1C2C3CCC(C3)C12. The molecule has 1 aromatic rings. The summed E-state index contributed by atoms with van der Waals surface area (Å²) in [6.07, 6.45) is 4.10. The maximum Gasteiger partial charge on any atom is 0.318 e. The predicted octanol–water partition coefficient (Wildman–Crippen LogP) is 3.01. The Morgan fingerprint density at radius 1 is 1.21 bits per heavy atom. The van der Waals surface area contributed by atoms with Crippen LogP contribution in [-0.2, 0) is 6.54 Å². The van der Waals surface area contributed by atoms with Gasteiger partial charge in [0.15, 0.2) is 0 Å². The predicted molar refractivity (Wildman–Crippen MR) is 93.3 cm³/mol. The van der Waals surface area contributed by atoms with Gasteiger partial charge < -0.3 is 15.3 Å². The van der Waals surface area contributed by atoms with E-state index in [0.29, 0.717) is 19.1 Å². The Kier molecular flexibility index (Phi) is 3.83. The van der Waals surface area contributed by atoms with Crippen molar-refractivity contribution in [2.75, 3.05) is 6.54 Å². The zero-order valence-electron chi connectivity index (χ0n) is 14.6. The molecule has 4 heteroatoms. The Balaban J connectivity index is 1.41. The number of carbonyl (C=O) groups is 1. The number of carbonyl (C=O) groups excluding carboxylic acids is 1. The van der Waals surface area contributed by atoms with Crippen LogP contribution in [0.25, 0.3) is 0 Å². The van der Waals surface area contributed by atoms with Crippen molar-refractivity contribution in [2.45, 2.75) is 51.3 Å². The van der Waals surface area contributed by atoms with E-state index in [-0.39, 0.29) is 6.03 Å². The molecular weight excluding hydrogens is 300 g/mol. The van der Waals surface area contributed by atoms with Crippen LogP contribution in [0.1, 0.15) is 38.7 Å². The minimum absolute atomic E-state index is 0.0280. The van der Waals surface area contributed by atoms with Crippen LogP contribution in [-0.4, -0.2) is 34.2 Å². The molecule has 3 fully saturated rings. The average molecular weight is 328 g/mol. The van der Waals surface area contributed by atoms with Crippen molar-refractivity contribution >= 4 is 6.03 Å². The number of benzene rings is 1. The van der Waals surface area contributed by atoms with Crippen LogP contribution in [0, 0.1) is 23.7 Å². The van der Waals surface area contributed by atoms with Gasteiger partial charge in [0.25, 0.3) is 0 Å². The molecule has 4 atom stereocenters. The highest BCUT2D eigenvalue weighted by atomic mass is 16.3. The smallest absolute Gasteiger partial charge is 0.318 e. The summed E-state index contributed by atoms with van der Waals surface area (Å²) in [5, 5.41) is 13.5. The van der Waals surface area contributed by atoms with Crippen LogP contribution >= 0.6 is 0 Å². The van der Waals surface area contributed by atoms with E-state index in [0.717, 1.165) is 29.2 Å². The van der Waals surface area contributed by atoms with Crippen LogP contribution < -0.4 is 5.32 Å². The van der Waals surface area contributed by atoms with E-state index in [2.05, 4.69) is 5.32 Å². The third kappa shape index (κ3) is 3.04. The number of nitrogens with zero attached hydrogens (tertiary/aromatic N) is 1. The minimum Gasteiger partial charge on any atom is -0.389 e.